The number of hydrogen-bond acceptors (Lipinski definition) is 1. The molecule has 0 amide bonds. The zero-order valence-corrected chi connectivity index (χ0v) is 9.74. The second-order valence-electron chi connectivity index (χ2n) is 3.43. The largest absolute Gasteiger partial charge is 0.478 e. The second kappa shape index (κ2) is 5.52. The van der Waals surface area contributed by atoms with Gasteiger partial charge in [-0.2, -0.15) is 0 Å². The highest BCUT2D eigenvalue weighted by Crippen LogP contribution is 2.23. The quantitative estimate of drug-likeness (QED) is 0.640. The minimum absolute atomic E-state index is 0.243. The van der Waals surface area contributed by atoms with Crippen LogP contribution >= 0.6 is 11.6 Å². The van der Waals surface area contributed by atoms with Gasteiger partial charge in [-0.3, -0.25) is 0 Å². The summed E-state index contributed by atoms with van der Waals surface area (Å²) in [4.78, 5) is 10.6. The van der Waals surface area contributed by atoms with Crippen molar-refractivity contribution in [3.8, 4) is 0 Å². The third-order valence-corrected chi connectivity index (χ3v) is 2.60. The molecule has 0 aliphatic heterocycles. The fourth-order valence-electron chi connectivity index (χ4n) is 1.20. The van der Waals surface area contributed by atoms with Crippen molar-refractivity contribution < 1.29 is 9.90 Å². The molecule has 1 atom stereocenters. The third-order valence-electron chi connectivity index (χ3n) is 2.22. The molecule has 0 heterocycles. The van der Waals surface area contributed by atoms with Crippen molar-refractivity contribution in [1.29, 1.82) is 0 Å². The maximum absolute atomic E-state index is 10.6. The molecule has 0 saturated heterocycles. The van der Waals surface area contributed by atoms with Gasteiger partial charge < -0.3 is 5.11 Å². The number of allylic oxidation sites excluding steroid dienone is 1. The molecule has 1 rings (SSSR count). The van der Waals surface area contributed by atoms with E-state index in [0.29, 0.717) is 0 Å². The van der Waals surface area contributed by atoms with Gasteiger partial charge in [-0.1, -0.05) is 43.0 Å². The topological polar surface area (TPSA) is 37.3 Å². The van der Waals surface area contributed by atoms with Gasteiger partial charge in [-0.25, -0.2) is 4.79 Å². The lowest BCUT2D eigenvalue weighted by atomic mass is 10.1. The first-order chi connectivity index (χ1) is 7.54. The molecular weight excluding hydrogens is 224 g/mol. The van der Waals surface area contributed by atoms with Crippen LogP contribution in [0, 0.1) is 0 Å². The molecule has 1 unspecified atom stereocenters. The van der Waals surface area contributed by atoms with Gasteiger partial charge in [0.2, 0.25) is 0 Å². The van der Waals surface area contributed by atoms with Crippen LogP contribution in [-0.2, 0) is 4.79 Å². The summed E-state index contributed by atoms with van der Waals surface area (Å²) in [5.74, 6) is -0.951. The third kappa shape index (κ3) is 3.24. The van der Waals surface area contributed by atoms with Crippen molar-refractivity contribution >= 4 is 23.6 Å². The number of hydrogen-bond donors (Lipinski definition) is 1. The molecule has 0 aliphatic carbocycles. The Kier molecular flexibility index (Phi) is 4.32. The highest BCUT2D eigenvalue weighted by Gasteiger charge is 2.07. The number of aliphatic carboxylic acids is 1. The second-order valence-corrected chi connectivity index (χ2v) is 3.90. The predicted molar refractivity (Wildman–Crippen MR) is 66.5 cm³/mol. The summed E-state index contributed by atoms with van der Waals surface area (Å²) in [6, 6.07) is 7.50. The molecule has 16 heavy (non-hydrogen) atoms. The van der Waals surface area contributed by atoms with Crippen molar-refractivity contribution in [1.82, 2.24) is 0 Å². The molecule has 2 nitrogen and oxygen atoms in total. The van der Waals surface area contributed by atoms with E-state index in [1.807, 2.05) is 24.3 Å². The Morgan fingerprint density at radius 3 is 2.44 bits per heavy atom. The molecule has 0 aliphatic rings. The van der Waals surface area contributed by atoms with Crippen LogP contribution in [0.4, 0.5) is 0 Å². The van der Waals surface area contributed by atoms with Gasteiger partial charge in [0.05, 0.1) is 5.38 Å². The SMILES string of the molecule is C=Cc1ccc(C(Cl)C=C(C)C(=O)O)cc1. The molecule has 1 aromatic rings. The fourth-order valence-corrected chi connectivity index (χ4v) is 1.54. The van der Waals surface area contributed by atoms with Crippen LogP contribution in [0.2, 0.25) is 0 Å². The number of carboxylic acids is 1. The first-order valence-electron chi connectivity index (χ1n) is 4.82. The van der Waals surface area contributed by atoms with Crippen molar-refractivity contribution in [2.45, 2.75) is 12.3 Å². The summed E-state index contributed by atoms with van der Waals surface area (Å²) >= 11 is 6.08. The van der Waals surface area contributed by atoms with Crippen molar-refractivity contribution in [3.63, 3.8) is 0 Å². The summed E-state index contributed by atoms with van der Waals surface area (Å²) in [7, 11) is 0. The molecule has 0 fully saturated rings. The Hall–Kier alpha value is -1.54. The van der Waals surface area contributed by atoms with Gasteiger partial charge in [0, 0.05) is 5.57 Å². The van der Waals surface area contributed by atoms with Crippen molar-refractivity contribution in [3.05, 3.63) is 53.6 Å². The van der Waals surface area contributed by atoms with E-state index in [4.69, 9.17) is 16.7 Å². The first kappa shape index (κ1) is 12.5. The average Bonchev–Trinajstić information content (AvgIpc) is 2.28. The van der Waals surface area contributed by atoms with Crippen molar-refractivity contribution in [2.75, 3.05) is 0 Å². The van der Waals surface area contributed by atoms with E-state index in [1.165, 1.54) is 13.0 Å². The number of benzene rings is 1. The number of alkyl halides is 1. The van der Waals surface area contributed by atoms with Crippen molar-refractivity contribution in [2.24, 2.45) is 0 Å². The normalized spacial score (nSPS) is 13.2. The van der Waals surface area contributed by atoms with Crippen LogP contribution in [0.15, 0.2) is 42.5 Å². The van der Waals surface area contributed by atoms with E-state index in [2.05, 4.69) is 6.58 Å². The summed E-state index contributed by atoms with van der Waals surface area (Å²) in [5.41, 5.74) is 2.12. The molecule has 0 saturated carbocycles. The molecule has 84 valence electrons. The number of carboxylic acid groups (broad SMARTS) is 1. The van der Waals surface area contributed by atoms with E-state index in [0.717, 1.165) is 11.1 Å². The van der Waals surface area contributed by atoms with Crippen LogP contribution < -0.4 is 0 Å². The van der Waals surface area contributed by atoms with E-state index < -0.39 is 11.3 Å². The van der Waals surface area contributed by atoms with Gasteiger partial charge in [-0.15, -0.1) is 11.6 Å². The molecule has 0 spiro atoms. The first-order valence-corrected chi connectivity index (χ1v) is 5.26. The lowest BCUT2D eigenvalue weighted by molar-refractivity contribution is -0.132. The fraction of sp³-hybridized carbons (Fsp3) is 0.154. The summed E-state index contributed by atoms with van der Waals surface area (Å²) < 4.78 is 0. The summed E-state index contributed by atoms with van der Waals surface area (Å²) in [6.07, 6.45) is 3.26. The summed E-state index contributed by atoms with van der Waals surface area (Å²) in [5, 5.41) is 8.30. The Morgan fingerprint density at radius 1 is 1.44 bits per heavy atom. The molecule has 1 aromatic carbocycles. The Balaban J connectivity index is 2.88. The zero-order valence-electron chi connectivity index (χ0n) is 8.98. The lowest BCUT2D eigenvalue weighted by Gasteiger charge is -2.06. The number of carbonyl (C=O) groups is 1. The number of rotatable bonds is 4. The Bertz CT molecular complexity index is 418. The molecule has 1 N–H and O–H groups in total. The smallest absolute Gasteiger partial charge is 0.331 e. The van der Waals surface area contributed by atoms with E-state index >= 15 is 0 Å². The average molecular weight is 237 g/mol. The van der Waals surface area contributed by atoms with Crippen LogP contribution in [-0.4, -0.2) is 11.1 Å². The van der Waals surface area contributed by atoms with Gasteiger partial charge in [0.25, 0.3) is 0 Å². The monoisotopic (exact) mass is 236 g/mol. The molecule has 0 radical (unpaired) electrons. The highest BCUT2D eigenvalue weighted by molar-refractivity contribution is 6.22. The van der Waals surface area contributed by atoms with Crippen LogP contribution in [0.25, 0.3) is 6.08 Å². The minimum atomic E-state index is -0.951. The highest BCUT2D eigenvalue weighted by atomic mass is 35.5. The van der Waals surface area contributed by atoms with Crippen LogP contribution in [0.1, 0.15) is 23.4 Å². The van der Waals surface area contributed by atoms with Gasteiger partial charge >= 0.3 is 5.97 Å². The van der Waals surface area contributed by atoms with Crippen LogP contribution in [0.3, 0.4) is 0 Å². The minimum Gasteiger partial charge on any atom is -0.478 e. The molecule has 3 heteroatoms. The summed E-state index contributed by atoms with van der Waals surface area (Å²) in [6.45, 7) is 5.18. The lowest BCUT2D eigenvalue weighted by Crippen LogP contribution is -1.98. The van der Waals surface area contributed by atoms with E-state index in [-0.39, 0.29) is 5.57 Å². The maximum Gasteiger partial charge on any atom is 0.331 e. The molecular formula is C13H13ClO2. The maximum atomic E-state index is 10.6. The van der Waals surface area contributed by atoms with E-state index in [1.54, 1.807) is 6.08 Å². The molecule has 0 aromatic heterocycles. The van der Waals surface area contributed by atoms with Gasteiger partial charge in [-0.05, 0) is 18.1 Å². The Labute approximate surface area is 99.9 Å². The number of halogens is 1. The van der Waals surface area contributed by atoms with Crippen LogP contribution in [0.5, 0.6) is 0 Å². The molecule has 0 bridgehead atoms. The Morgan fingerprint density at radius 2 is 2.00 bits per heavy atom. The van der Waals surface area contributed by atoms with Gasteiger partial charge in [0.1, 0.15) is 0 Å². The standard InChI is InChI=1S/C13H13ClO2/c1-3-10-4-6-11(7-5-10)12(14)8-9(2)13(15)16/h3-8,12H,1H2,2H3,(H,15,16). The predicted octanol–water partition coefficient (Wildman–Crippen LogP) is 3.64. The van der Waals surface area contributed by atoms with E-state index in [9.17, 15) is 4.79 Å². The van der Waals surface area contributed by atoms with Gasteiger partial charge in [0.15, 0.2) is 0 Å². The zero-order chi connectivity index (χ0) is 12.1.